The van der Waals surface area contributed by atoms with Crippen molar-refractivity contribution in [2.24, 2.45) is 0 Å². The number of nitrogens with one attached hydrogen (secondary N) is 2. The van der Waals surface area contributed by atoms with E-state index < -0.39 is 33.7 Å². The smallest absolute Gasteiger partial charge is 0.253 e. The van der Waals surface area contributed by atoms with E-state index in [-0.39, 0.29) is 23.0 Å². The molecule has 2 atom stereocenters. The van der Waals surface area contributed by atoms with Crippen molar-refractivity contribution in [1.82, 2.24) is 5.32 Å². The molecule has 0 aliphatic heterocycles. The van der Waals surface area contributed by atoms with Gasteiger partial charge in [0.2, 0.25) is 15.9 Å². The molecular formula is C25H26FN3O4S. The summed E-state index contributed by atoms with van der Waals surface area (Å²) in [6.07, 6.45) is 0.965. The molecule has 2 amide bonds. The predicted octanol–water partition coefficient (Wildman–Crippen LogP) is 4.11. The molecular weight excluding hydrogens is 457 g/mol. The van der Waals surface area contributed by atoms with Crippen LogP contribution in [0.4, 0.5) is 15.8 Å². The molecule has 3 rings (SSSR count). The van der Waals surface area contributed by atoms with Gasteiger partial charge < -0.3 is 10.6 Å². The Morgan fingerprint density at radius 1 is 0.882 bits per heavy atom. The van der Waals surface area contributed by atoms with Crippen LogP contribution in [0.5, 0.6) is 0 Å². The second kappa shape index (κ2) is 10.5. The van der Waals surface area contributed by atoms with Crippen molar-refractivity contribution in [3.8, 4) is 0 Å². The summed E-state index contributed by atoms with van der Waals surface area (Å²) in [4.78, 5) is 26.0. The first-order valence-corrected chi connectivity index (χ1v) is 12.4. The number of nitrogens with zero attached hydrogens (tertiary/aromatic N) is 1. The molecule has 34 heavy (non-hydrogen) atoms. The van der Waals surface area contributed by atoms with Gasteiger partial charge >= 0.3 is 0 Å². The highest BCUT2D eigenvalue weighted by molar-refractivity contribution is 7.92. The Morgan fingerprint density at radius 3 is 2.09 bits per heavy atom. The molecule has 0 aliphatic carbocycles. The Balaban J connectivity index is 1.81. The highest BCUT2D eigenvalue weighted by Crippen LogP contribution is 2.23. The zero-order valence-electron chi connectivity index (χ0n) is 19.0. The number of rotatable bonds is 8. The summed E-state index contributed by atoms with van der Waals surface area (Å²) in [7, 11) is -3.87. The zero-order chi connectivity index (χ0) is 24.9. The van der Waals surface area contributed by atoms with E-state index in [2.05, 4.69) is 10.6 Å². The quantitative estimate of drug-likeness (QED) is 0.504. The van der Waals surface area contributed by atoms with Crippen LogP contribution in [0.25, 0.3) is 0 Å². The summed E-state index contributed by atoms with van der Waals surface area (Å²) in [5, 5.41) is 5.56. The van der Waals surface area contributed by atoms with Crippen LogP contribution in [0, 0.1) is 5.82 Å². The van der Waals surface area contributed by atoms with Crippen LogP contribution < -0.4 is 14.9 Å². The molecule has 0 fully saturated rings. The van der Waals surface area contributed by atoms with Gasteiger partial charge in [-0.3, -0.25) is 13.9 Å². The van der Waals surface area contributed by atoms with Crippen LogP contribution in [-0.4, -0.2) is 32.5 Å². The average Bonchev–Trinajstić information content (AvgIpc) is 2.80. The second-order valence-electron chi connectivity index (χ2n) is 7.85. The van der Waals surface area contributed by atoms with Crippen molar-refractivity contribution < 1.29 is 22.4 Å². The zero-order valence-corrected chi connectivity index (χ0v) is 19.8. The van der Waals surface area contributed by atoms with Gasteiger partial charge in [-0.05, 0) is 55.8 Å². The SMILES string of the molecule is C[C@H](NC(=O)c1ccccc1NC(=O)[C@H](C)N(c1ccc(F)cc1)S(C)(=O)=O)c1ccccc1. The number of sulfonamides is 1. The lowest BCUT2D eigenvalue weighted by molar-refractivity contribution is -0.116. The van der Waals surface area contributed by atoms with E-state index >= 15 is 0 Å². The van der Waals surface area contributed by atoms with E-state index in [1.54, 1.807) is 24.3 Å². The van der Waals surface area contributed by atoms with Gasteiger partial charge in [-0.25, -0.2) is 12.8 Å². The van der Waals surface area contributed by atoms with Crippen LogP contribution >= 0.6 is 0 Å². The highest BCUT2D eigenvalue weighted by Gasteiger charge is 2.30. The van der Waals surface area contributed by atoms with E-state index in [0.717, 1.165) is 28.3 Å². The topological polar surface area (TPSA) is 95.6 Å². The second-order valence-corrected chi connectivity index (χ2v) is 9.71. The number of amides is 2. The van der Waals surface area contributed by atoms with Crippen molar-refractivity contribution in [3.05, 3.63) is 95.8 Å². The first kappa shape index (κ1) is 24.9. The number of para-hydroxylation sites is 1. The fourth-order valence-corrected chi connectivity index (χ4v) is 4.70. The van der Waals surface area contributed by atoms with Gasteiger partial charge in [-0.2, -0.15) is 0 Å². The molecule has 178 valence electrons. The molecule has 0 heterocycles. The average molecular weight is 484 g/mol. The van der Waals surface area contributed by atoms with Crippen molar-refractivity contribution in [2.75, 3.05) is 15.9 Å². The number of hydrogen-bond acceptors (Lipinski definition) is 4. The Labute approximate surface area is 198 Å². The molecule has 0 spiro atoms. The summed E-state index contributed by atoms with van der Waals surface area (Å²) in [5.74, 6) is -1.57. The molecule has 0 radical (unpaired) electrons. The molecule has 0 saturated heterocycles. The third kappa shape index (κ3) is 5.99. The minimum absolute atomic E-state index is 0.147. The van der Waals surface area contributed by atoms with E-state index in [1.807, 2.05) is 37.3 Å². The van der Waals surface area contributed by atoms with Crippen LogP contribution in [-0.2, 0) is 14.8 Å². The third-order valence-electron chi connectivity index (χ3n) is 5.25. The normalized spacial score (nSPS) is 12.9. The molecule has 2 N–H and O–H groups in total. The van der Waals surface area contributed by atoms with Gasteiger partial charge in [0.25, 0.3) is 5.91 Å². The first-order chi connectivity index (χ1) is 16.1. The lowest BCUT2D eigenvalue weighted by Gasteiger charge is -2.28. The summed E-state index contributed by atoms with van der Waals surface area (Å²) in [6, 6.07) is 19.3. The van der Waals surface area contributed by atoms with Crippen LogP contribution in [0.3, 0.4) is 0 Å². The maximum Gasteiger partial charge on any atom is 0.253 e. The van der Waals surface area contributed by atoms with E-state index in [1.165, 1.54) is 19.1 Å². The fraction of sp³-hybridized carbons (Fsp3) is 0.200. The number of carbonyl (C=O) groups excluding carboxylic acids is 2. The number of anilines is 2. The number of benzene rings is 3. The summed E-state index contributed by atoms with van der Waals surface area (Å²) in [6.45, 7) is 3.27. The standard InChI is InChI=1S/C25H26FN3O4S/c1-17(19-9-5-4-6-10-19)27-25(31)22-11-7-8-12-23(22)28-24(30)18(2)29(34(3,32)33)21-15-13-20(26)14-16-21/h4-18H,1-3H3,(H,27,31)(H,28,30)/t17-,18-/m0/s1. The highest BCUT2D eigenvalue weighted by atomic mass is 32.2. The molecule has 9 heteroatoms. The third-order valence-corrected chi connectivity index (χ3v) is 6.49. The van der Waals surface area contributed by atoms with Gasteiger partial charge in [-0.1, -0.05) is 42.5 Å². The van der Waals surface area contributed by atoms with Gasteiger partial charge in [-0.15, -0.1) is 0 Å². The maximum atomic E-state index is 13.3. The Bertz CT molecular complexity index is 1260. The van der Waals surface area contributed by atoms with Gasteiger partial charge in [0, 0.05) is 0 Å². The van der Waals surface area contributed by atoms with Crippen molar-refractivity contribution in [3.63, 3.8) is 0 Å². The Kier molecular flexibility index (Phi) is 7.68. The molecule has 0 aromatic heterocycles. The number of carbonyl (C=O) groups is 2. The maximum absolute atomic E-state index is 13.3. The molecule has 7 nitrogen and oxygen atoms in total. The van der Waals surface area contributed by atoms with Crippen LogP contribution in [0.1, 0.15) is 35.8 Å². The molecule has 0 unspecified atom stereocenters. The van der Waals surface area contributed by atoms with E-state index in [0.29, 0.717) is 0 Å². The molecule has 0 bridgehead atoms. The predicted molar refractivity (Wildman–Crippen MR) is 131 cm³/mol. The van der Waals surface area contributed by atoms with Gasteiger partial charge in [0.15, 0.2) is 0 Å². The molecule has 0 saturated carbocycles. The first-order valence-electron chi connectivity index (χ1n) is 10.6. The van der Waals surface area contributed by atoms with Crippen LogP contribution in [0.2, 0.25) is 0 Å². The summed E-state index contributed by atoms with van der Waals surface area (Å²) in [5.41, 5.74) is 1.55. The molecule has 3 aromatic rings. The van der Waals surface area contributed by atoms with Gasteiger partial charge in [0.05, 0.1) is 29.2 Å². The van der Waals surface area contributed by atoms with E-state index in [9.17, 15) is 22.4 Å². The van der Waals surface area contributed by atoms with Gasteiger partial charge in [0.1, 0.15) is 11.9 Å². The monoisotopic (exact) mass is 483 g/mol. The summed E-state index contributed by atoms with van der Waals surface area (Å²) >= 11 is 0. The minimum atomic E-state index is -3.87. The number of halogens is 1. The lowest BCUT2D eigenvalue weighted by atomic mass is 10.1. The lowest BCUT2D eigenvalue weighted by Crippen LogP contribution is -2.45. The minimum Gasteiger partial charge on any atom is -0.345 e. The Hall–Kier alpha value is -3.72. The van der Waals surface area contributed by atoms with Crippen LogP contribution in [0.15, 0.2) is 78.9 Å². The molecule has 0 aliphatic rings. The fourth-order valence-electron chi connectivity index (χ4n) is 3.52. The molecule has 3 aromatic carbocycles. The van der Waals surface area contributed by atoms with Crippen molar-refractivity contribution >= 4 is 33.2 Å². The largest absolute Gasteiger partial charge is 0.345 e. The van der Waals surface area contributed by atoms with Crippen molar-refractivity contribution in [2.45, 2.75) is 25.9 Å². The number of hydrogen-bond donors (Lipinski definition) is 2. The summed E-state index contributed by atoms with van der Waals surface area (Å²) < 4.78 is 39.1. The van der Waals surface area contributed by atoms with Crippen molar-refractivity contribution in [1.29, 1.82) is 0 Å². The Morgan fingerprint density at radius 2 is 1.47 bits per heavy atom. The van der Waals surface area contributed by atoms with E-state index in [4.69, 9.17) is 0 Å².